The molecule has 0 aliphatic rings. The minimum Gasteiger partial charge on any atom is -0.457 e. The van der Waals surface area contributed by atoms with Crippen molar-refractivity contribution < 1.29 is 13.9 Å². The van der Waals surface area contributed by atoms with Gasteiger partial charge in [-0.3, -0.25) is 0 Å². The van der Waals surface area contributed by atoms with Crippen molar-refractivity contribution in [2.75, 3.05) is 5.73 Å². The largest absolute Gasteiger partial charge is 0.457 e. The third kappa shape index (κ3) is 3.21. The number of nitrogen functional groups attached to an aromatic ring is 1. The summed E-state index contributed by atoms with van der Waals surface area (Å²) < 4.78 is 18.0. The fraction of sp³-hybridized carbons (Fsp3) is 0.0714. The average Bonchev–Trinajstić information content (AvgIpc) is 2.40. The van der Waals surface area contributed by atoms with Crippen LogP contribution in [-0.2, 0) is 11.3 Å². The van der Waals surface area contributed by atoms with Crippen molar-refractivity contribution in [1.29, 1.82) is 0 Å². The number of benzene rings is 2. The van der Waals surface area contributed by atoms with Crippen LogP contribution < -0.4 is 5.73 Å². The molecule has 0 unspecified atom stereocenters. The smallest absolute Gasteiger partial charge is 0.340 e. The third-order valence-corrected chi connectivity index (χ3v) is 3.48. The highest BCUT2D eigenvalue weighted by Gasteiger charge is 2.13. The highest BCUT2D eigenvalue weighted by molar-refractivity contribution is 6.42. The van der Waals surface area contributed by atoms with Gasteiger partial charge in [-0.25, -0.2) is 9.18 Å². The topological polar surface area (TPSA) is 52.3 Å². The van der Waals surface area contributed by atoms with Gasteiger partial charge in [0.25, 0.3) is 0 Å². The number of halogens is 3. The quantitative estimate of drug-likeness (QED) is 0.686. The van der Waals surface area contributed by atoms with E-state index in [2.05, 4.69) is 0 Å². The van der Waals surface area contributed by atoms with Crippen molar-refractivity contribution in [3.05, 3.63) is 63.4 Å². The monoisotopic (exact) mass is 313 g/mol. The molecular formula is C14H10Cl2FNO2. The zero-order valence-electron chi connectivity index (χ0n) is 10.2. The first-order valence-electron chi connectivity index (χ1n) is 5.64. The second kappa shape index (κ2) is 6.11. The maximum absolute atomic E-state index is 12.9. The van der Waals surface area contributed by atoms with Crippen LogP contribution in [-0.4, -0.2) is 5.97 Å². The zero-order valence-corrected chi connectivity index (χ0v) is 11.7. The van der Waals surface area contributed by atoms with E-state index in [1.54, 1.807) is 18.2 Å². The van der Waals surface area contributed by atoms with E-state index in [1.807, 2.05) is 0 Å². The fourth-order valence-corrected chi connectivity index (χ4v) is 1.98. The van der Waals surface area contributed by atoms with E-state index in [0.29, 0.717) is 15.6 Å². The van der Waals surface area contributed by atoms with Gasteiger partial charge < -0.3 is 10.5 Å². The number of hydrogen-bond acceptors (Lipinski definition) is 3. The molecule has 0 heterocycles. The van der Waals surface area contributed by atoms with Gasteiger partial charge in [0.05, 0.1) is 15.6 Å². The van der Waals surface area contributed by atoms with E-state index in [9.17, 15) is 9.18 Å². The van der Waals surface area contributed by atoms with Crippen LogP contribution in [0.4, 0.5) is 10.1 Å². The van der Waals surface area contributed by atoms with Gasteiger partial charge in [-0.2, -0.15) is 0 Å². The van der Waals surface area contributed by atoms with Crippen molar-refractivity contribution in [1.82, 2.24) is 0 Å². The molecule has 0 atom stereocenters. The normalized spacial score (nSPS) is 10.3. The van der Waals surface area contributed by atoms with Crippen LogP contribution in [0.2, 0.25) is 10.0 Å². The molecule has 6 heteroatoms. The Kier molecular flexibility index (Phi) is 4.47. The molecule has 2 rings (SSSR count). The molecule has 2 aromatic carbocycles. The minimum absolute atomic E-state index is 0.0205. The maximum Gasteiger partial charge on any atom is 0.340 e. The molecule has 0 radical (unpaired) electrons. The molecule has 0 bridgehead atoms. The zero-order chi connectivity index (χ0) is 14.7. The maximum atomic E-state index is 12.9. The summed E-state index contributed by atoms with van der Waals surface area (Å²) in [6.45, 7) is -0.0466. The number of rotatable bonds is 3. The van der Waals surface area contributed by atoms with Crippen molar-refractivity contribution in [3.63, 3.8) is 0 Å². The van der Waals surface area contributed by atoms with Gasteiger partial charge in [-0.15, -0.1) is 0 Å². The fourth-order valence-electron chi connectivity index (χ4n) is 1.60. The summed E-state index contributed by atoms with van der Waals surface area (Å²) in [5.74, 6) is -1.17. The van der Waals surface area contributed by atoms with Crippen LogP contribution in [0, 0.1) is 5.82 Å². The summed E-state index contributed by atoms with van der Waals surface area (Å²) in [6, 6.07) is 8.49. The molecule has 2 N–H and O–H groups in total. The predicted octanol–water partition coefficient (Wildman–Crippen LogP) is 4.07. The minimum atomic E-state index is -0.654. The van der Waals surface area contributed by atoms with Crippen molar-refractivity contribution in [2.45, 2.75) is 6.61 Å². The van der Waals surface area contributed by atoms with E-state index >= 15 is 0 Å². The Labute approximate surface area is 125 Å². The molecule has 3 nitrogen and oxygen atoms in total. The summed E-state index contributed by atoms with van der Waals surface area (Å²) in [5.41, 5.74) is 6.26. The lowest BCUT2D eigenvalue weighted by atomic mass is 10.2. The Morgan fingerprint density at radius 1 is 1.25 bits per heavy atom. The van der Waals surface area contributed by atoms with E-state index in [0.717, 1.165) is 12.1 Å². The molecule has 2 aromatic rings. The van der Waals surface area contributed by atoms with Crippen molar-refractivity contribution in [2.24, 2.45) is 0 Å². The molecule has 0 fully saturated rings. The molecule has 0 spiro atoms. The van der Waals surface area contributed by atoms with Crippen molar-refractivity contribution in [3.8, 4) is 0 Å². The predicted molar refractivity (Wildman–Crippen MR) is 76.4 cm³/mol. The van der Waals surface area contributed by atoms with E-state index in [1.165, 1.54) is 6.07 Å². The van der Waals surface area contributed by atoms with Gasteiger partial charge >= 0.3 is 5.97 Å². The first kappa shape index (κ1) is 14.6. The van der Waals surface area contributed by atoms with Crippen LogP contribution in [0.5, 0.6) is 0 Å². The summed E-state index contributed by atoms with van der Waals surface area (Å²) in [4.78, 5) is 11.8. The number of anilines is 1. The van der Waals surface area contributed by atoms with Gasteiger partial charge in [0.15, 0.2) is 0 Å². The number of esters is 1. The van der Waals surface area contributed by atoms with Gasteiger partial charge in [0.1, 0.15) is 12.4 Å². The molecule has 0 aliphatic heterocycles. The Morgan fingerprint density at radius 3 is 2.70 bits per heavy atom. The molecular weight excluding hydrogens is 304 g/mol. The number of nitrogens with two attached hydrogens (primary N) is 1. The third-order valence-electron chi connectivity index (χ3n) is 2.62. The lowest BCUT2D eigenvalue weighted by molar-refractivity contribution is 0.0474. The number of carbonyl (C=O) groups excluding carboxylic acids is 1. The first-order chi connectivity index (χ1) is 9.49. The summed E-state index contributed by atoms with van der Waals surface area (Å²) in [7, 11) is 0. The lowest BCUT2D eigenvalue weighted by Crippen LogP contribution is -2.08. The highest BCUT2D eigenvalue weighted by Crippen LogP contribution is 2.26. The van der Waals surface area contributed by atoms with E-state index in [4.69, 9.17) is 33.7 Å². The second-order valence-electron chi connectivity index (χ2n) is 4.02. The van der Waals surface area contributed by atoms with Crippen LogP contribution >= 0.6 is 23.2 Å². The summed E-state index contributed by atoms with van der Waals surface area (Å²) >= 11 is 11.8. The number of hydrogen-bond donors (Lipinski definition) is 1. The van der Waals surface area contributed by atoms with Crippen LogP contribution in [0.1, 0.15) is 15.9 Å². The molecule has 20 heavy (non-hydrogen) atoms. The second-order valence-corrected chi connectivity index (χ2v) is 4.81. The van der Waals surface area contributed by atoms with Crippen LogP contribution in [0.3, 0.4) is 0 Å². The van der Waals surface area contributed by atoms with Gasteiger partial charge in [0, 0.05) is 11.3 Å². The summed E-state index contributed by atoms with van der Waals surface area (Å²) in [5, 5.41) is 0.704. The summed E-state index contributed by atoms with van der Waals surface area (Å²) in [6.07, 6.45) is 0. The Morgan fingerprint density at radius 2 is 2.00 bits per heavy atom. The highest BCUT2D eigenvalue weighted by atomic mass is 35.5. The average molecular weight is 314 g/mol. The standard InChI is InChI=1S/C14H10Cl2FNO2/c15-11-3-1-2-8(13(11)16)7-20-14(19)10-5-4-9(17)6-12(10)18/h1-6H,7,18H2. The molecule has 0 saturated carbocycles. The SMILES string of the molecule is Nc1cc(F)ccc1C(=O)OCc1cccc(Cl)c1Cl. The van der Waals surface area contributed by atoms with Gasteiger partial charge in [0.2, 0.25) is 0 Å². The Hall–Kier alpha value is -1.78. The molecule has 0 amide bonds. The molecule has 0 aliphatic carbocycles. The van der Waals surface area contributed by atoms with E-state index in [-0.39, 0.29) is 17.9 Å². The van der Waals surface area contributed by atoms with Gasteiger partial charge in [-0.1, -0.05) is 35.3 Å². The number of carbonyl (C=O) groups is 1. The van der Waals surface area contributed by atoms with Crippen LogP contribution in [0.15, 0.2) is 36.4 Å². The molecule has 0 saturated heterocycles. The Balaban J connectivity index is 2.11. The van der Waals surface area contributed by atoms with Gasteiger partial charge in [-0.05, 0) is 24.3 Å². The van der Waals surface area contributed by atoms with E-state index < -0.39 is 11.8 Å². The molecule has 0 aromatic heterocycles. The lowest BCUT2D eigenvalue weighted by Gasteiger charge is -2.09. The molecule has 104 valence electrons. The first-order valence-corrected chi connectivity index (χ1v) is 6.39. The number of ether oxygens (including phenoxy) is 1. The Bertz CT molecular complexity index is 662. The van der Waals surface area contributed by atoms with Crippen molar-refractivity contribution >= 4 is 34.9 Å². The van der Waals surface area contributed by atoms with Crippen LogP contribution in [0.25, 0.3) is 0 Å².